The fourth-order valence-corrected chi connectivity index (χ4v) is 5.94. The quantitative estimate of drug-likeness (QED) is 0.746. The Morgan fingerprint density at radius 2 is 1.96 bits per heavy atom. The highest BCUT2D eigenvalue weighted by Gasteiger charge is 2.36. The van der Waals surface area contributed by atoms with Gasteiger partial charge in [-0.05, 0) is 61.9 Å². The summed E-state index contributed by atoms with van der Waals surface area (Å²) in [4.78, 5) is 1.60. The molecule has 6 heteroatoms. The van der Waals surface area contributed by atoms with Crippen LogP contribution in [0.1, 0.15) is 49.5 Å². The molecule has 0 unspecified atom stereocenters. The Morgan fingerprint density at radius 1 is 1.19 bits per heavy atom. The molecular weight excluding hydrogens is 366 g/mol. The number of ether oxygens (including phenoxy) is 1. The number of benzene rings is 1. The Balaban J connectivity index is 1.79. The Kier molecular flexibility index (Phi) is 6.05. The van der Waals surface area contributed by atoms with E-state index in [-0.39, 0.29) is 5.41 Å². The van der Waals surface area contributed by atoms with Crippen LogP contribution in [0.3, 0.4) is 0 Å². The number of hydrogen-bond acceptors (Lipinski definition) is 4. The molecule has 0 bridgehead atoms. The van der Waals surface area contributed by atoms with E-state index >= 15 is 0 Å². The Morgan fingerprint density at radius 3 is 2.58 bits per heavy atom. The molecule has 1 aliphatic carbocycles. The fourth-order valence-electron chi connectivity index (χ4n) is 3.74. The molecule has 0 saturated heterocycles. The predicted octanol–water partition coefficient (Wildman–Crippen LogP) is 4.64. The maximum Gasteiger partial charge on any atom is 0.240 e. The second kappa shape index (κ2) is 8.11. The Labute approximate surface area is 160 Å². The van der Waals surface area contributed by atoms with Crippen LogP contribution in [0.4, 0.5) is 0 Å². The number of sulfonamides is 1. The zero-order chi connectivity index (χ0) is 18.6. The van der Waals surface area contributed by atoms with Crippen LogP contribution in [0, 0.1) is 6.92 Å². The minimum Gasteiger partial charge on any atom is -0.494 e. The monoisotopic (exact) mass is 393 g/mol. The average Bonchev–Trinajstić information content (AvgIpc) is 3.18. The second-order valence-corrected chi connectivity index (χ2v) is 9.72. The lowest BCUT2D eigenvalue weighted by atomic mass is 9.73. The van der Waals surface area contributed by atoms with Crippen molar-refractivity contribution in [1.82, 2.24) is 4.72 Å². The van der Waals surface area contributed by atoms with Crippen molar-refractivity contribution in [2.75, 3.05) is 13.2 Å². The minimum atomic E-state index is -3.54. The van der Waals surface area contributed by atoms with E-state index in [0.29, 0.717) is 18.0 Å². The first kappa shape index (κ1) is 19.4. The van der Waals surface area contributed by atoms with Gasteiger partial charge in [-0.3, -0.25) is 0 Å². The van der Waals surface area contributed by atoms with Gasteiger partial charge in [-0.1, -0.05) is 25.3 Å². The topological polar surface area (TPSA) is 55.4 Å². The lowest BCUT2D eigenvalue weighted by Crippen LogP contribution is -2.41. The number of thiophene rings is 1. The summed E-state index contributed by atoms with van der Waals surface area (Å²) < 4.78 is 34.1. The Bertz CT molecular complexity index is 823. The summed E-state index contributed by atoms with van der Waals surface area (Å²) in [6.07, 6.45) is 5.62. The van der Waals surface area contributed by atoms with Crippen LogP contribution in [0.2, 0.25) is 0 Å². The lowest BCUT2D eigenvalue weighted by molar-refractivity contribution is 0.298. The van der Waals surface area contributed by atoms with Crippen molar-refractivity contribution in [3.8, 4) is 5.75 Å². The molecule has 2 aromatic rings. The average molecular weight is 394 g/mol. The van der Waals surface area contributed by atoms with Crippen LogP contribution in [-0.2, 0) is 15.4 Å². The van der Waals surface area contributed by atoms with Gasteiger partial charge in [0.25, 0.3) is 0 Å². The van der Waals surface area contributed by atoms with E-state index in [1.165, 1.54) is 11.3 Å². The van der Waals surface area contributed by atoms with Crippen LogP contribution in [-0.4, -0.2) is 21.6 Å². The van der Waals surface area contributed by atoms with E-state index in [1.807, 2.05) is 13.8 Å². The number of nitrogens with one attached hydrogen (secondary N) is 1. The molecule has 0 atom stereocenters. The molecule has 3 rings (SSSR count). The van der Waals surface area contributed by atoms with Crippen LogP contribution in [0.5, 0.6) is 5.75 Å². The fraction of sp³-hybridized carbons (Fsp3) is 0.500. The largest absolute Gasteiger partial charge is 0.494 e. The molecule has 1 saturated carbocycles. The highest BCUT2D eigenvalue weighted by atomic mass is 32.2. The van der Waals surface area contributed by atoms with Crippen molar-refractivity contribution < 1.29 is 13.2 Å². The van der Waals surface area contributed by atoms with Gasteiger partial charge >= 0.3 is 0 Å². The zero-order valence-electron chi connectivity index (χ0n) is 15.5. The van der Waals surface area contributed by atoms with Crippen molar-refractivity contribution in [1.29, 1.82) is 0 Å². The second-order valence-electron chi connectivity index (χ2n) is 7.00. The van der Waals surface area contributed by atoms with Gasteiger partial charge in [0.05, 0.1) is 11.5 Å². The third-order valence-electron chi connectivity index (χ3n) is 5.21. The molecule has 0 aliphatic heterocycles. The normalized spacial score (nSPS) is 17.2. The highest BCUT2D eigenvalue weighted by Crippen LogP contribution is 2.41. The molecule has 1 N–H and O–H groups in total. The summed E-state index contributed by atoms with van der Waals surface area (Å²) in [6, 6.07) is 9.25. The molecule has 0 amide bonds. The maximum absolute atomic E-state index is 12.9. The van der Waals surface area contributed by atoms with E-state index in [1.54, 1.807) is 29.5 Å². The number of hydrogen-bond donors (Lipinski definition) is 1. The molecule has 1 aromatic carbocycles. The maximum atomic E-state index is 12.9. The van der Waals surface area contributed by atoms with Gasteiger partial charge < -0.3 is 4.74 Å². The van der Waals surface area contributed by atoms with Gasteiger partial charge in [0.1, 0.15) is 5.75 Å². The van der Waals surface area contributed by atoms with E-state index in [4.69, 9.17) is 4.74 Å². The van der Waals surface area contributed by atoms with Crippen molar-refractivity contribution in [2.24, 2.45) is 0 Å². The molecule has 0 radical (unpaired) electrons. The standard InChI is InChI=1S/C20H27NO3S2/c1-3-24-18-10-9-17(14-16(18)2)26(22,23)21-15-20(11-5-4-6-12-20)19-8-7-13-25-19/h7-10,13-14,21H,3-6,11-12,15H2,1-2H3. The van der Waals surface area contributed by atoms with Gasteiger partial charge in [-0.25, -0.2) is 13.1 Å². The summed E-state index contributed by atoms with van der Waals surface area (Å²) in [5, 5.41) is 2.08. The van der Waals surface area contributed by atoms with Crippen LogP contribution in [0.25, 0.3) is 0 Å². The lowest BCUT2D eigenvalue weighted by Gasteiger charge is -2.36. The van der Waals surface area contributed by atoms with Gasteiger partial charge in [-0.15, -0.1) is 11.3 Å². The molecule has 1 fully saturated rings. The summed E-state index contributed by atoms with van der Waals surface area (Å²) in [5.74, 6) is 0.730. The molecule has 142 valence electrons. The van der Waals surface area contributed by atoms with Crippen molar-refractivity contribution in [2.45, 2.75) is 56.3 Å². The SMILES string of the molecule is CCOc1ccc(S(=O)(=O)NCC2(c3cccs3)CCCCC2)cc1C. The van der Waals surface area contributed by atoms with Crippen LogP contribution in [0.15, 0.2) is 40.6 Å². The molecule has 0 spiro atoms. The first-order chi connectivity index (χ1) is 12.5. The van der Waals surface area contributed by atoms with Gasteiger partial charge in [0, 0.05) is 16.8 Å². The van der Waals surface area contributed by atoms with E-state index < -0.39 is 10.0 Å². The minimum absolute atomic E-state index is 0.0696. The highest BCUT2D eigenvalue weighted by molar-refractivity contribution is 7.89. The van der Waals surface area contributed by atoms with Crippen LogP contribution >= 0.6 is 11.3 Å². The summed E-state index contributed by atoms with van der Waals surface area (Å²) in [7, 11) is -3.54. The van der Waals surface area contributed by atoms with Crippen molar-refractivity contribution in [3.63, 3.8) is 0 Å². The predicted molar refractivity (Wildman–Crippen MR) is 107 cm³/mol. The van der Waals surface area contributed by atoms with Crippen molar-refractivity contribution in [3.05, 3.63) is 46.2 Å². The molecule has 4 nitrogen and oxygen atoms in total. The molecule has 1 aliphatic rings. The number of aryl methyl sites for hydroxylation is 1. The number of rotatable bonds is 7. The van der Waals surface area contributed by atoms with Crippen molar-refractivity contribution >= 4 is 21.4 Å². The summed E-state index contributed by atoms with van der Waals surface area (Å²) in [6.45, 7) is 4.81. The smallest absolute Gasteiger partial charge is 0.240 e. The third kappa shape index (κ3) is 4.13. The molecule has 1 aromatic heterocycles. The molecule has 1 heterocycles. The zero-order valence-corrected chi connectivity index (χ0v) is 17.1. The van der Waals surface area contributed by atoms with Gasteiger partial charge in [0.15, 0.2) is 0 Å². The third-order valence-corrected chi connectivity index (χ3v) is 7.73. The Hall–Kier alpha value is -1.37. The van der Waals surface area contributed by atoms with E-state index in [2.05, 4.69) is 22.2 Å². The van der Waals surface area contributed by atoms with E-state index in [9.17, 15) is 8.42 Å². The summed E-state index contributed by atoms with van der Waals surface area (Å²) >= 11 is 1.73. The van der Waals surface area contributed by atoms with E-state index in [0.717, 1.165) is 37.0 Å². The first-order valence-electron chi connectivity index (χ1n) is 9.24. The molecular formula is C20H27NO3S2. The van der Waals surface area contributed by atoms with Gasteiger partial charge in [-0.2, -0.15) is 0 Å². The summed E-state index contributed by atoms with van der Waals surface area (Å²) in [5.41, 5.74) is 0.764. The van der Waals surface area contributed by atoms with Crippen LogP contribution < -0.4 is 9.46 Å². The molecule has 26 heavy (non-hydrogen) atoms. The first-order valence-corrected chi connectivity index (χ1v) is 11.6. The van der Waals surface area contributed by atoms with Gasteiger partial charge in [0.2, 0.25) is 10.0 Å².